The zero-order chi connectivity index (χ0) is 16.2. The summed E-state index contributed by atoms with van der Waals surface area (Å²) in [6.07, 6.45) is 11.1. The number of pyridine rings is 1. The second kappa shape index (κ2) is 7.36. The Hall–Kier alpha value is -1.85. The number of likely N-dealkylation sites (tertiary alicyclic amines) is 2. The fourth-order valence-corrected chi connectivity index (χ4v) is 3.86. The normalized spacial score (nSPS) is 22.8. The van der Waals surface area contributed by atoms with E-state index in [1.165, 1.54) is 57.4 Å². The smallest absolute Gasteiger partial charge is 0.178 e. The molecule has 1 atom stereocenters. The zero-order valence-corrected chi connectivity index (χ0v) is 14.1. The molecule has 2 aliphatic heterocycles. The first-order valence-electron chi connectivity index (χ1n) is 9.07. The Labute approximate surface area is 143 Å². The molecule has 2 saturated heterocycles. The minimum Gasteiger partial charge on any atom is -0.299 e. The highest BCUT2D eigenvalue weighted by atomic mass is 15.3. The van der Waals surface area contributed by atoms with Gasteiger partial charge >= 0.3 is 0 Å². The van der Waals surface area contributed by atoms with Crippen molar-refractivity contribution in [1.82, 2.24) is 24.8 Å². The number of piperidine rings is 1. The molecule has 0 spiro atoms. The molecule has 126 valence electrons. The fourth-order valence-electron chi connectivity index (χ4n) is 3.86. The van der Waals surface area contributed by atoms with Gasteiger partial charge < -0.3 is 0 Å². The molecule has 5 nitrogen and oxygen atoms in total. The quantitative estimate of drug-likeness (QED) is 0.865. The molecule has 2 aromatic heterocycles. The molecular formula is C19H25N5. The molecule has 4 heterocycles. The minimum absolute atomic E-state index is 0.701. The Morgan fingerprint density at radius 1 is 0.958 bits per heavy atom. The van der Waals surface area contributed by atoms with Crippen LogP contribution in [0.1, 0.15) is 31.2 Å². The Morgan fingerprint density at radius 3 is 2.54 bits per heavy atom. The Bertz CT molecular complexity index is 637. The largest absolute Gasteiger partial charge is 0.299 e. The van der Waals surface area contributed by atoms with Crippen molar-refractivity contribution < 1.29 is 0 Å². The molecular weight excluding hydrogens is 298 g/mol. The third-order valence-corrected chi connectivity index (χ3v) is 5.16. The molecule has 1 unspecified atom stereocenters. The van der Waals surface area contributed by atoms with Gasteiger partial charge in [-0.15, -0.1) is 0 Å². The summed E-state index contributed by atoms with van der Waals surface area (Å²) >= 11 is 0. The number of hydrogen-bond donors (Lipinski definition) is 0. The SMILES string of the molecule is c1ccc(-c2ncc(CN3CCC(N4CCCCC4)C3)cn2)nc1. The minimum atomic E-state index is 0.701. The molecule has 2 aliphatic rings. The predicted octanol–water partition coefficient (Wildman–Crippen LogP) is 2.60. The van der Waals surface area contributed by atoms with Crippen molar-refractivity contribution in [3.05, 3.63) is 42.4 Å². The summed E-state index contributed by atoms with van der Waals surface area (Å²) in [5.41, 5.74) is 2.02. The molecule has 2 fully saturated rings. The van der Waals surface area contributed by atoms with Crippen molar-refractivity contribution in [3.8, 4) is 11.5 Å². The molecule has 24 heavy (non-hydrogen) atoms. The maximum absolute atomic E-state index is 4.49. The van der Waals surface area contributed by atoms with Crippen molar-refractivity contribution in [2.24, 2.45) is 0 Å². The van der Waals surface area contributed by atoms with E-state index in [2.05, 4.69) is 24.8 Å². The first-order chi connectivity index (χ1) is 11.9. The maximum Gasteiger partial charge on any atom is 0.178 e. The van der Waals surface area contributed by atoms with Crippen molar-refractivity contribution in [2.75, 3.05) is 26.2 Å². The van der Waals surface area contributed by atoms with Crippen molar-refractivity contribution in [3.63, 3.8) is 0 Å². The summed E-state index contributed by atoms with van der Waals surface area (Å²) in [7, 11) is 0. The van der Waals surface area contributed by atoms with Crippen molar-refractivity contribution >= 4 is 0 Å². The van der Waals surface area contributed by atoms with Crippen LogP contribution in [-0.4, -0.2) is 57.0 Å². The van der Waals surface area contributed by atoms with Gasteiger partial charge in [0.25, 0.3) is 0 Å². The van der Waals surface area contributed by atoms with Gasteiger partial charge in [0.15, 0.2) is 5.82 Å². The van der Waals surface area contributed by atoms with E-state index in [1.807, 2.05) is 30.6 Å². The fraction of sp³-hybridized carbons (Fsp3) is 0.526. The lowest BCUT2D eigenvalue weighted by Gasteiger charge is -2.32. The van der Waals surface area contributed by atoms with Crippen LogP contribution in [-0.2, 0) is 6.54 Å². The first kappa shape index (κ1) is 15.7. The molecule has 5 heteroatoms. The van der Waals surface area contributed by atoms with Crippen LogP contribution in [0.2, 0.25) is 0 Å². The van der Waals surface area contributed by atoms with Crippen LogP contribution in [0.5, 0.6) is 0 Å². The molecule has 0 saturated carbocycles. The lowest BCUT2D eigenvalue weighted by molar-refractivity contribution is 0.161. The Kier molecular flexibility index (Phi) is 4.81. The molecule has 0 aliphatic carbocycles. The van der Waals surface area contributed by atoms with Gasteiger partial charge in [-0.3, -0.25) is 14.8 Å². The number of hydrogen-bond acceptors (Lipinski definition) is 5. The molecule has 0 bridgehead atoms. The van der Waals surface area contributed by atoms with Crippen molar-refractivity contribution in [2.45, 2.75) is 38.3 Å². The maximum atomic E-state index is 4.49. The van der Waals surface area contributed by atoms with Gasteiger partial charge in [-0.2, -0.15) is 0 Å². The van der Waals surface area contributed by atoms with E-state index < -0.39 is 0 Å². The summed E-state index contributed by atoms with van der Waals surface area (Å²) < 4.78 is 0. The standard InChI is InChI=1S/C19H25N5/c1-4-9-24(10-5-1)17-7-11-23(15-17)14-16-12-21-19(22-13-16)18-6-2-3-8-20-18/h2-3,6,8,12-13,17H,1,4-5,7,9-11,14-15H2. The Balaban J connectivity index is 1.34. The topological polar surface area (TPSA) is 45.2 Å². The molecule has 2 aromatic rings. The van der Waals surface area contributed by atoms with Crippen LogP contribution in [0.15, 0.2) is 36.8 Å². The van der Waals surface area contributed by atoms with Crippen molar-refractivity contribution in [1.29, 1.82) is 0 Å². The van der Waals surface area contributed by atoms with E-state index in [-0.39, 0.29) is 0 Å². The lowest BCUT2D eigenvalue weighted by Crippen LogP contribution is -2.40. The van der Waals surface area contributed by atoms with Gasteiger partial charge in [0.2, 0.25) is 0 Å². The van der Waals surface area contributed by atoms with Gasteiger partial charge in [-0.25, -0.2) is 9.97 Å². The predicted molar refractivity (Wildman–Crippen MR) is 94.4 cm³/mol. The van der Waals surface area contributed by atoms with Gasteiger partial charge in [-0.05, 0) is 44.5 Å². The van der Waals surface area contributed by atoms with Crippen LogP contribution in [0.25, 0.3) is 11.5 Å². The van der Waals surface area contributed by atoms with E-state index in [9.17, 15) is 0 Å². The van der Waals surface area contributed by atoms with Crippen LogP contribution in [0.4, 0.5) is 0 Å². The van der Waals surface area contributed by atoms with Gasteiger partial charge in [-0.1, -0.05) is 12.5 Å². The third kappa shape index (κ3) is 3.62. The van der Waals surface area contributed by atoms with E-state index in [0.29, 0.717) is 5.82 Å². The van der Waals surface area contributed by atoms with Crippen LogP contribution >= 0.6 is 0 Å². The second-order valence-corrected chi connectivity index (χ2v) is 6.90. The summed E-state index contributed by atoms with van der Waals surface area (Å²) in [5.74, 6) is 0.701. The van der Waals surface area contributed by atoms with Crippen LogP contribution in [0.3, 0.4) is 0 Å². The average molecular weight is 323 g/mol. The Morgan fingerprint density at radius 2 is 1.79 bits per heavy atom. The number of aromatic nitrogens is 3. The monoisotopic (exact) mass is 323 g/mol. The molecule has 0 aromatic carbocycles. The van der Waals surface area contributed by atoms with E-state index >= 15 is 0 Å². The molecule has 0 radical (unpaired) electrons. The van der Waals surface area contributed by atoms with Gasteiger partial charge in [0.05, 0.1) is 0 Å². The number of nitrogens with zero attached hydrogens (tertiary/aromatic N) is 5. The summed E-state index contributed by atoms with van der Waals surface area (Å²) in [6.45, 7) is 5.90. The highest BCUT2D eigenvalue weighted by Crippen LogP contribution is 2.21. The summed E-state index contributed by atoms with van der Waals surface area (Å²) in [4.78, 5) is 18.5. The van der Waals surface area contributed by atoms with Crippen LogP contribution in [0, 0.1) is 0 Å². The third-order valence-electron chi connectivity index (χ3n) is 5.16. The lowest BCUT2D eigenvalue weighted by atomic mass is 10.1. The molecule has 4 rings (SSSR count). The van der Waals surface area contributed by atoms with E-state index in [1.54, 1.807) is 6.20 Å². The van der Waals surface area contributed by atoms with Gasteiger partial charge in [0.1, 0.15) is 5.69 Å². The van der Waals surface area contributed by atoms with E-state index in [0.717, 1.165) is 18.3 Å². The average Bonchev–Trinajstić information content (AvgIpc) is 3.12. The first-order valence-corrected chi connectivity index (χ1v) is 9.07. The molecule has 0 amide bonds. The van der Waals surface area contributed by atoms with E-state index in [4.69, 9.17) is 0 Å². The highest BCUT2D eigenvalue weighted by Gasteiger charge is 2.28. The zero-order valence-electron chi connectivity index (χ0n) is 14.1. The van der Waals surface area contributed by atoms with Crippen LogP contribution < -0.4 is 0 Å². The molecule has 0 N–H and O–H groups in total. The second-order valence-electron chi connectivity index (χ2n) is 6.90. The number of rotatable bonds is 4. The highest BCUT2D eigenvalue weighted by molar-refractivity contribution is 5.47. The van der Waals surface area contributed by atoms with Gasteiger partial charge in [0, 0.05) is 49.8 Å². The summed E-state index contributed by atoms with van der Waals surface area (Å²) in [6, 6.07) is 6.56. The summed E-state index contributed by atoms with van der Waals surface area (Å²) in [5, 5.41) is 0.